The molecule has 0 unspecified atom stereocenters. The number of aryl methyl sites for hydroxylation is 2. The number of hydrogen-bond acceptors (Lipinski definition) is 4. The van der Waals surface area contributed by atoms with Crippen molar-refractivity contribution < 1.29 is 9.53 Å². The van der Waals surface area contributed by atoms with E-state index in [0.29, 0.717) is 17.0 Å². The fourth-order valence-electron chi connectivity index (χ4n) is 2.58. The van der Waals surface area contributed by atoms with E-state index in [2.05, 4.69) is 37.4 Å². The van der Waals surface area contributed by atoms with E-state index in [0.717, 1.165) is 4.90 Å². The summed E-state index contributed by atoms with van der Waals surface area (Å²) < 4.78 is 5.45. The number of nitrogens with zero attached hydrogens (tertiary/aromatic N) is 1. The van der Waals surface area contributed by atoms with Gasteiger partial charge in [-0.2, -0.15) is 5.26 Å². The lowest BCUT2D eigenvalue weighted by Gasteiger charge is -2.10. The molecule has 0 atom stereocenters. The van der Waals surface area contributed by atoms with Crippen LogP contribution in [0.2, 0.25) is 0 Å². The van der Waals surface area contributed by atoms with Gasteiger partial charge in [0.2, 0.25) is 0 Å². The van der Waals surface area contributed by atoms with Crippen LogP contribution in [0, 0.1) is 25.2 Å². The van der Waals surface area contributed by atoms with Crippen molar-refractivity contribution in [2.24, 2.45) is 0 Å². The summed E-state index contributed by atoms with van der Waals surface area (Å²) in [5.41, 5.74) is 3.58. The lowest BCUT2D eigenvalue weighted by Crippen LogP contribution is -2.20. The molecule has 1 amide bonds. The number of nitrogens with one attached hydrogen (secondary N) is 1. The molecule has 1 N–H and O–H groups in total. The SMILES string of the molecule is Cc1ccc(C)c(Sc2ccc(NC(=O)COc3ccccc3C#N)cc2)c1. The van der Waals surface area contributed by atoms with Crippen molar-refractivity contribution >= 4 is 23.4 Å². The molecule has 0 saturated carbocycles. The summed E-state index contributed by atoms with van der Waals surface area (Å²) >= 11 is 1.70. The second-order valence-corrected chi connectivity index (χ2v) is 7.46. The molecular weight excluding hydrogens is 368 g/mol. The van der Waals surface area contributed by atoms with E-state index in [1.165, 1.54) is 16.0 Å². The number of carbonyl (C=O) groups is 1. The highest BCUT2D eigenvalue weighted by atomic mass is 32.2. The lowest BCUT2D eigenvalue weighted by atomic mass is 10.2. The third kappa shape index (κ3) is 5.15. The Morgan fingerprint density at radius 3 is 2.57 bits per heavy atom. The second kappa shape index (κ2) is 9.12. The molecule has 0 saturated heterocycles. The molecule has 0 aliphatic carbocycles. The Labute approximate surface area is 169 Å². The number of rotatable bonds is 6. The van der Waals surface area contributed by atoms with Gasteiger partial charge in [0.25, 0.3) is 5.91 Å². The van der Waals surface area contributed by atoms with Gasteiger partial charge in [0.1, 0.15) is 11.8 Å². The van der Waals surface area contributed by atoms with Crippen LogP contribution < -0.4 is 10.1 Å². The van der Waals surface area contributed by atoms with Gasteiger partial charge < -0.3 is 10.1 Å². The fraction of sp³-hybridized carbons (Fsp3) is 0.130. The maximum atomic E-state index is 12.1. The number of para-hydroxylation sites is 1. The normalized spacial score (nSPS) is 10.2. The molecule has 5 heteroatoms. The maximum absolute atomic E-state index is 12.1. The van der Waals surface area contributed by atoms with Crippen LogP contribution >= 0.6 is 11.8 Å². The summed E-state index contributed by atoms with van der Waals surface area (Å²) in [5.74, 6) is 0.128. The molecule has 0 aliphatic heterocycles. The topological polar surface area (TPSA) is 62.1 Å². The number of ether oxygens (including phenoxy) is 1. The first-order chi connectivity index (χ1) is 13.5. The van der Waals surface area contributed by atoms with E-state index in [-0.39, 0.29) is 12.5 Å². The fourth-order valence-corrected chi connectivity index (χ4v) is 3.58. The molecule has 140 valence electrons. The third-order valence-corrected chi connectivity index (χ3v) is 5.24. The van der Waals surface area contributed by atoms with Gasteiger partial charge >= 0.3 is 0 Å². The Balaban J connectivity index is 1.57. The smallest absolute Gasteiger partial charge is 0.262 e. The van der Waals surface area contributed by atoms with Crippen molar-refractivity contribution in [2.75, 3.05) is 11.9 Å². The Kier molecular flexibility index (Phi) is 6.36. The van der Waals surface area contributed by atoms with E-state index < -0.39 is 0 Å². The van der Waals surface area contributed by atoms with E-state index >= 15 is 0 Å². The number of amides is 1. The first-order valence-electron chi connectivity index (χ1n) is 8.82. The molecule has 3 aromatic rings. The Morgan fingerprint density at radius 2 is 1.82 bits per heavy atom. The Morgan fingerprint density at radius 1 is 1.07 bits per heavy atom. The predicted octanol–water partition coefficient (Wildman–Crippen LogP) is 5.34. The van der Waals surface area contributed by atoms with Crippen molar-refractivity contribution in [3.63, 3.8) is 0 Å². The molecule has 3 aromatic carbocycles. The van der Waals surface area contributed by atoms with Crippen LogP contribution in [0.25, 0.3) is 0 Å². The van der Waals surface area contributed by atoms with Crippen LogP contribution in [-0.4, -0.2) is 12.5 Å². The van der Waals surface area contributed by atoms with Crippen LogP contribution in [0.4, 0.5) is 5.69 Å². The largest absolute Gasteiger partial charge is 0.482 e. The zero-order valence-electron chi connectivity index (χ0n) is 15.7. The summed E-state index contributed by atoms with van der Waals surface area (Å²) in [7, 11) is 0. The number of nitriles is 1. The van der Waals surface area contributed by atoms with Gasteiger partial charge in [0.05, 0.1) is 5.56 Å². The highest BCUT2D eigenvalue weighted by Crippen LogP contribution is 2.31. The number of carbonyl (C=O) groups excluding carboxylic acids is 1. The summed E-state index contributed by atoms with van der Waals surface area (Å²) in [4.78, 5) is 14.4. The van der Waals surface area contributed by atoms with Gasteiger partial charge in [-0.15, -0.1) is 0 Å². The Bertz CT molecular complexity index is 1020. The summed E-state index contributed by atoms with van der Waals surface area (Å²) in [6.45, 7) is 4.03. The molecule has 0 fully saturated rings. The minimum absolute atomic E-state index is 0.155. The lowest BCUT2D eigenvalue weighted by molar-refractivity contribution is -0.118. The van der Waals surface area contributed by atoms with Gasteiger partial charge in [-0.3, -0.25) is 4.79 Å². The van der Waals surface area contributed by atoms with E-state index in [1.54, 1.807) is 36.0 Å². The van der Waals surface area contributed by atoms with Gasteiger partial charge in [-0.1, -0.05) is 36.0 Å². The standard InChI is InChI=1S/C23H20N2O2S/c1-16-7-8-17(2)22(13-16)28-20-11-9-19(10-12-20)25-23(26)15-27-21-6-4-3-5-18(21)14-24/h3-13H,15H2,1-2H3,(H,25,26). The number of anilines is 1. The molecule has 0 aromatic heterocycles. The number of benzene rings is 3. The van der Waals surface area contributed by atoms with Gasteiger partial charge in [-0.05, 0) is 67.4 Å². The molecule has 28 heavy (non-hydrogen) atoms. The van der Waals surface area contributed by atoms with Crippen molar-refractivity contribution in [1.29, 1.82) is 5.26 Å². The molecule has 0 aliphatic rings. The summed E-state index contributed by atoms with van der Waals surface area (Å²) in [6.07, 6.45) is 0. The first kappa shape index (κ1) is 19.5. The second-order valence-electron chi connectivity index (χ2n) is 6.34. The van der Waals surface area contributed by atoms with Crippen LogP contribution in [-0.2, 0) is 4.79 Å². The molecule has 4 nitrogen and oxygen atoms in total. The van der Waals surface area contributed by atoms with Gasteiger partial charge in [0.15, 0.2) is 6.61 Å². The summed E-state index contributed by atoms with van der Waals surface area (Å²) in [5, 5.41) is 11.9. The van der Waals surface area contributed by atoms with E-state index in [4.69, 9.17) is 10.00 Å². The summed E-state index contributed by atoms with van der Waals surface area (Å²) in [6, 6.07) is 23.0. The third-order valence-electron chi connectivity index (χ3n) is 4.08. The van der Waals surface area contributed by atoms with Crippen molar-refractivity contribution in [3.8, 4) is 11.8 Å². The highest BCUT2D eigenvalue weighted by Gasteiger charge is 2.07. The maximum Gasteiger partial charge on any atom is 0.262 e. The molecule has 0 radical (unpaired) electrons. The minimum atomic E-state index is -0.275. The van der Waals surface area contributed by atoms with Gasteiger partial charge in [-0.25, -0.2) is 0 Å². The van der Waals surface area contributed by atoms with Gasteiger partial charge in [0, 0.05) is 15.5 Å². The van der Waals surface area contributed by atoms with Crippen molar-refractivity contribution in [1.82, 2.24) is 0 Å². The predicted molar refractivity (Wildman–Crippen MR) is 112 cm³/mol. The first-order valence-corrected chi connectivity index (χ1v) is 9.64. The number of hydrogen-bond donors (Lipinski definition) is 1. The zero-order chi connectivity index (χ0) is 19.9. The van der Waals surface area contributed by atoms with Crippen LogP contribution in [0.5, 0.6) is 5.75 Å². The molecule has 0 heterocycles. The van der Waals surface area contributed by atoms with Crippen molar-refractivity contribution in [3.05, 3.63) is 83.4 Å². The van der Waals surface area contributed by atoms with Crippen LogP contribution in [0.15, 0.2) is 76.5 Å². The molecule has 3 rings (SSSR count). The Hall–Kier alpha value is -3.23. The quantitative estimate of drug-likeness (QED) is 0.619. The zero-order valence-corrected chi connectivity index (χ0v) is 16.5. The molecule has 0 spiro atoms. The average molecular weight is 388 g/mol. The van der Waals surface area contributed by atoms with E-state index in [1.807, 2.05) is 30.3 Å². The van der Waals surface area contributed by atoms with E-state index in [9.17, 15) is 4.79 Å². The van der Waals surface area contributed by atoms with Crippen LogP contribution in [0.3, 0.4) is 0 Å². The molecule has 0 bridgehead atoms. The van der Waals surface area contributed by atoms with Crippen LogP contribution in [0.1, 0.15) is 16.7 Å². The monoisotopic (exact) mass is 388 g/mol. The average Bonchev–Trinajstić information content (AvgIpc) is 2.71. The molecular formula is C23H20N2O2S. The van der Waals surface area contributed by atoms with Crippen molar-refractivity contribution in [2.45, 2.75) is 23.6 Å². The minimum Gasteiger partial charge on any atom is -0.482 e. The highest BCUT2D eigenvalue weighted by molar-refractivity contribution is 7.99.